The van der Waals surface area contributed by atoms with Crippen molar-refractivity contribution in [2.24, 2.45) is 0 Å². The zero-order valence-electron chi connectivity index (χ0n) is 6.96. The van der Waals surface area contributed by atoms with Crippen LogP contribution in [0.25, 0.3) is 0 Å². The fourth-order valence-electron chi connectivity index (χ4n) is 1.03. The van der Waals surface area contributed by atoms with E-state index < -0.39 is 5.97 Å². The second kappa shape index (κ2) is 4.14. The zero-order chi connectivity index (χ0) is 9.84. The number of nitrogens with two attached hydrogens (primary N) is 1. The van der Waals surface area contributed by atoms with Gasteiger partial charge in [-0.25, -0.2) is 0 Å². The van der Waals surface area contributed by atoms with Crippen LogP contribution < -0.4 is 5.73 Å². The predicted molar refractivity (Wildman–Crippen MR) is 51.8 cm³/mol. The summed E-state index contributed by atoms with van der Waals surface area (Å²) in [6, 6.07) is 5.23. The van der Waals surface area contributed by atoms with Gasteiger partial charge in [0.1, 0.15) is 0 Å². The third-order valence-electron chi connectivity index (χ3n) is 1.72. The van der Waals surface area contributed by atoms with Crippen molar-refractivity contribution >= 4 is 23.3 Å². The Morgan fingerprint density at radius 1 is 1.54 bits per heavy atom. The second-order valence-electron chi connectivity index (χ2n) is 2.71. The van der Waals surface area contributed by atoms with E-state index in [9.17, 15) is 4.79 Å². The summed E-state index contributed by atoms with van der Waals surface area (Å²) >= 11 is 5.86. The Labute approximate surface area is 81.1 Å². The Kier molecular flexibility index (Phi) is 3.14. The number of rotatable bonds is 3. The highest BCUT2D eigenvalue weighted by Crippen LogP contribution is 2.23. The molecule has 0 aromatic heterocycles. The lowest BCUT2D eigenvalue weighted by Crippen LogP contribution is -1.99. The first-order valence-electron chi connectivity index (χ1n) is 3.86. The molecule has 0 aliphatic carbocycles. The molecule has 0 saturated heterocycles. The SMILES string of the molecule is Nc1cccc(CCC(=O)O)c1Cl. The smallest absolute Gasteiger partial charge is 0.303 e. The Balaban J connectivity index is 2.77. The number of carboxylic acids is 1. The third-order valence-corrected chi connectivity index (χ3v) is 2.18. The van der Waals surface area contributed by atoms with E-state index in [1.807, 2.05) is 0 Å². The summed E-state index contributed by atoms with van der Waals surface area (Å²) in [7, 11) is 0. The molecule has 0 radical (unpaired) electrons. The summed E-state index contributed by atoms with van der Waals surface area (Å²) in [5.74, 6) is -0.835. The maximum atomic E-state index is 10.3. The molecule has 0 heterocycles. The fourth-order valence-corrected chi connectivity index (χ4v) is 1.25. The summed E-state index contributed by atoms with van der Waals surface area (Å²) in [5, 5.41) is 8.92. The van der Waals surface area contributed by atoms with Crippen molar-refractivity contribution in [3.63, 3.8) is 0 Å². The molecule has 1 rings (SSSR count). The summed E-state index contributed by atoms with van der Waals surface area (Å²) in [4.78, 5) is 10.3. The van der Waals surface area contributed by atoms with Crippen molar-refractivity contribution in [3.8, 4) is 0 Å². The molecule has 1 aromatic rings. The van der Waals surface area contributed by atoms with E-state index in [2.05, 4.69) is 0 Å². The molecule has 0 amide bonds. The standard InChI is InChI=1S/C9H10ClNO2/c10-9-6(4-5-8(12)13)2-1-3-7(9)11/h1-3H,4-5,11H2,(H,12,13). The van der Waals surface area contributed by atoms with E-state index >= 15 is 0 Å². The number of halogens is 1. The van der Waals surface area contributed by atoms with E-state index in [4.69, 9.17) is 22.4 Å². The third kappa shape index (κ3) is 2.63. The molecule has 13 heavy (non-hydrogen) atoms. The van der Waals surface area contributed by atoms with Crippen LogP contribution in [0.5, 0.6) is 0 Å². The summed E-state index contributed by atoms with van der Waals surface area (Å²) in [6.07, 6.45) is 0.488. The van der Waals surface area contributed by atoms with Gasteiger partial charge >= 0.3 is 5.97 Å². The monoisotopic (exact) mass is 199 g/mol. The van der Waals surface area contributed by atoms with Gasteiger partial charge in [0, 0.05) is 6.42 Å². The van der Waals surface area contributed by atoms with Crippen LogP contribution in [0, 0.1) is 0 Å². The minimum atomic E-state index is -0.835. The normalized spacial score (nSPS) is 9.92. The molecular weight excluding hydrogens is 190 g/mol. The number of benzene rings is 1. The molecule has 0 spiro atoms. The van der Waals surface area contributed by atoms with Gasteiger partial charge in [0.05, 0.1) is 10.7 Å². The van der Waals surface area contributed by atoms with Gasteiger partial charge in [-0.2, -0.15) is 0 Å². The maximum Gasteiger partial charge on any atom is 0.303 e. The van der Waals surface area contributed by atoms with Gasteiger partial charge in [0.25, 0.3) is 0 Å². The molecule has 3 nitrogen and oxygen atoms in total. The van der Waals surface area contributed by atoms with E-state index in [1.165, 1.54) is 0 Å². The number of carboxylic acid groups (broad SMARTS) is 1. The number of aryl methyl sites for hydroxylation is 1. The Morgan fingerprint density at radius 2 is 2.23 bits per heavy atom. The van der Waals surface area contributed by atoms with Gasteiger partial charge in [-0.15, -0.1) is 0 Å². The van der Waals surface area contributed by atoms with Gasteiger partial charge < -0.3 is 10.8 Å². The quantitative estimate of drug-likeness (QED) is 0.732. The number of aliphatic carboxylic acids is 1. The number of carbonyl (C=O) groups is 1. The number of nitrogen functional groups attached to an aromatic ring is 1. The lowest BCUT2D eigenvalue weighted by Gasteiger charge is -2.04. The van der Waals surface area contributed by atoms with Crippen LogP contribution in [0.4, 0.5) is 5.69 Å². The Hall–Kier alpha value is -1.22. The van der Waals surface area contributed by atoms with Gasteiger partial charge in [0.15, 0.2) is 0 Å². The average molecular weight is 200 g/mol. The topological polar surface area (TPSA) is 63.3 Å². The highest BCUT2D eigenvalue weighted by Gasteiger charge is 2.05. The van der Waals surface area contributed by atoms with Crippen LogP contribution >= 0.6 is 11.6 Å². The van der Waals surface area contributed by atoms with Crippen LogP contribution in [0.3, 0.4) is 0 Å². The van der Waals surface area contributed by atoms with Crippen molar-refractivity contribution < 1.29 is 9.90 Å². The van der Waals surface area contributed by atoms with Gasteiger partial charge in [-0.1, -0.05) is 23.7 Å². The summed E-state index contributed by atoms with van der Waals surface area (Å²) < 4.78 is 0. The van der Waals surface area contributed by atoms with Crippen LogP contribution in [0.1, 0.15) is 12.0 Å². The minimum Gasteiger partial charge on any atom is -0.481 e. The zero-order valence-corrected chi connectivity index (χ0v) is 7.71. The van der Waals surface area contributed by atoms with Crippen molar-refractivity contribution in [2.75, 3.05) is 5.73 Å². The molecule has 4 heteroatoms. The van der Waals surface area contributed by atoms with Crippen LogP contribution in [0.2, 0.25) is 5.02 Å². The van der Waals surface area contributed by atoms with E-state index in [0.29, 0.717) is 17.1 Å². The van der Waals surface area contributed by atoms with Crippen molar-refractivity contribution in [2.45, 2.75) is 12.8 Å². The molecule has 0 bridgehead atoms. The van der Waals surface area contributed by atoms with Gasteiger partial charge in [0.2, 0.25) is 0 Å². The van der Waals surface area contributed by atoms with Crippen LogP contribution in [-0.2, 0) is 11.2 Å². The number of anilines is 1. The first kappa shape index (κ1) is 9.86. The molecule has 0 unspecified atom stereocenters. The lowest BCUT2D eigenvalue weighted by atomic mass is 10.1. The lowest BCUT2D eigenvalue weighted by molar-refractivity contribution is -0.136. The minimum absolute atomic E-state index is 0.0726. The number of hydrogen-bond acceptors (Lipinski definition) is 2. The van der Waals surface area contributed by atoms with Crippen LogP contribution in [0.15, 0.2) is 18.2 Å². The average Bonchev–Trinajstić information content (AvgIpc) is 2.07. The molecule has 0 aliphatic heterocycles. The van der Waals surface area contributed by atoms with Crippen molar-refractivity contribution in [1.29, 1.82) is 0 Å². The largest absolute Gasteiger partial charge is 0.481 e. The molecular formula is C9H10ClNO2. The number of hydrogen-bond donors (Lipinski definition) is 2. The molecule has 0 aliphatic rings. The van der Waals surface area contributed by atoms with Crippen molar-refractivity contribution in [1.82, 2.24) is 0 Å². The highest BCUT2D eigenvalue weighted by molar-refractivity contribution is 6.33. The van der Waals surface area contributed by atoms with E-state index in [1.54, 1.807) is 18.2 Å². The van der Waals surface area contributed by atoms with Gasteiger partial charge in [-0.05, 0) is 18.1 Å². The maximum absolute atomic E-state index is 10.3. The molecule has 0 saturated carbocycles. The van der Waals surface area contributed by atoms with Crippen LogP contribution in [-0.4, -0.2) is 11.1 Å². The predicted octanol–water partition coefficient (Wildman–Crippen LogP) is 1.94. The Bertz CT molecular complexity index is 325. The van der Waals surface area contributed by atoms with E-state index in [-0.39, 0.29) is 6.42 Å². The fraction of sp³-hybridized carbons (Fsp3) is 0.222. The summed E-state index contributed by atoms with van der Waals surface area (Å²) in [5.41, 5.74) is 6.82. The van der Waals surface area contributed by atoms with Gasteiger partial charge in [-0.3, -0.25) is 4.79 Å². The second-order valence-corrected chi connectivity index (χ2v) is 3.09. The van der Waals surface area contributed by atoms with Crippen molar-refractivity contribution in [3.05, 3.63) is 28.8 Å². The Morgan fingerprint density at radius 3 is 2.85 bits per heavy atom. The first-order chi connectivity index (χ1) is 6.11. The molecule has 70 valence electrons. The van der Waals surface area contributed by atoms with E-state index in [0.717, 1.165) is 5.56 Å². The highest BCUT2D eigenvalue weighted by atomic mass is 35.5. The molecule has 1 aromatic carbocycles. The summed E-state index contributed by atoms with van der Waals surface area (Å²) in [6.45, 7) is 0. The first-order valence-corrected chi connectivity index (χ1v) is 4.23. The molecule has 0 atom stereocenters. The molecule has 3 N–H and O–H groups in total. The molecule has 0 fully saturated rings.